The van der Waals surface area contributed by atoms with Gasteiger partial charge in [0.25, 0.3) is 0 Å². The minimum absolute atomic E-state index is 0.118. The highest BCUT2D eigenvalue weighted by molar-refractivity contribution is 5.90. The van der Waals surface area contributed by atoms with E-state index in [1.807, 2.05) is 21.1 Å². The molecule has 0 radical (unpaired) electrons. The molecular formula is C15H30NO4+. The van der Waals surface area contributed by atoms with Crippen molar-refractivity contribution in [3.05, 3.63) is 0 Å². The lowest BCUT2D eigenvalue weighted by Crippen LogP contribution is -2.54. The molecule has 0 aliphatic rings. The van der Waals surface area contributed by atoms with Crippen LogP contribution in [0.3, 0.4) is 0 Å². The Morgan fingerprint density at radius 1 is 1.05 bits per heavy atom. The standard InChI is InChI=1S/C15H29NO4/c1-5-6-7-8-9-10-13(17)15(20,11-14(18)19)12-16(2,3)4/h20H,5-12H2,1-4H3/p+1/t15-/m1/s1. The van der Waals surface area contributed by atoms with E-state index in [1.165, 1.54) is 0 Å². The van der Waals surface area contributed by atoms with Crippen LogP contribution in [-0.4, -0.2) is 59.7 Å². The van der Waals surface area contributed by atoms with Crippen molar-refractivity contribution >= 4 is 11.8 Å². The average molecular weight is 288 g/mol. The Bertz CT molecular complexity index is 322. The molecule has 1 atom stereocenters. The van der Waals surface area contributed by atoms with E-state index in [1.54, 1.807) is 0 Å². The molecule has 0 saturated carbocycles. The van der Waals surface area contributed by atoms with Gasteiger partial charge in [-0.25, -0.2) is 0 Å². The van der Waals surface area contributed by atoms with E-state index in [2.05, 4.69) is 6.92 Å². The van der Waals surface area contributed by atoms with Gasteiger partial charge in [-0.1, -0.05) is 32.6 Å². The van der Waals surface area contributed by atoms with Crippen molar-refractivity contribution in [3.63, 3.8) is 0 Å². The van der Waals surface area contributed by atoms with E-state index >= 15 is 0 Å². The van der Waals surface area contributed by atoms with E-state index in [-0.39, 0.29) is 18.7 Å². The summed E-state index contributed by atoms with van der Waals surface area (Å²) in [6, 6.07) is 0. The van der Waals surface area contributed by atoms with Gasteiger partial charge in [0.15, 0.2) is 11.4 Å². The smallest absolute Gasteiger partial charge is 0.306 e. The maximum absolute atomic E-state index is 12.2. The number of likely N-dealkylation sites (N-methyl/N-ethyl adjacent to an activating group) is 1. The fraction of sp³-hybridized carbons (Fsp3) is 0.867. The first-order chi connectivity index (χ1) is 9.10. The lowest BCUT2D eigenvalue weighted by Gasteiger charge is -2.33. The van der Waals surface area contributed by atoms with Crippen LogP contribution in [0.5, 0.6) is 0 Å². The molecular weight excluding hydrogens is 258 g/mol. The largest absolute Gasteiger partial charge is 0.481 e. The van der Waals surface area contributed by atoms with Crippen molar-refractivity contribution in [3.8, 4) is 0 Å². The fourth-order valence-electron chi connectivity index (χ4n) is 2.40. The normalized spacial score (nSPS) is 14.8. The van der Waals surface area contributed by atoms with Gasteiger partial charge in [-0.15, -0.1) is 0 Å². The highest BCUT2D eigenvalue weighted by atomic mass is 16.4. The van der Waals surface area contributed by atoms with Crippen molar-refractivity contribution in [1.82, 2.24) is 0 Å². The van der Waals surface area contributed by atoms with Crippen molar-refractivity contribution < 1.29 is 24.3 Å². The first-order valence-electron chi connectivity index (χ1n) is 7.38. The molecule has 20 heavy (non-hydrogen) atoms. The minimum Gasteiger partial charge on any atom is -0.481 e. The summed E-state index contributed by atoms with van der Waals surface area (Å²) in [5.41, 5.74) is -1.76. The van der Waals surface area contributed by atoms with Crippen molar-refractivity contribution in [2.24, 2.45) is 0 Å². The number of carbonyl (C=O) groups excluding carboxylic acids is 1. The first kappa shape index (κ1) is 19.1. The number of carboxylic acid groups (broad SMARTS) is 1. The first-order valence-corrected chi connectivity index (χ1v) is 7.38. The van der Waals surface area contributed by atoms with Crippen LogP contribution in [0.2, 0.25) is 0 Å². The van der Waals surface area contributed by atoms with Gasteiger partial charge in [-0.3, -0.25) is 9.59 Å². The molecule has 2 N–H and O–H groups in total. The van der Waals surface area contributed by atoms with Gasteiger partial charge in [-0.05, 0) is 6.42 Å². The lowest BCUT2D eigenvalue weighted by atomic mass is 9.89. The second-order valence-electron chi connectivity index (χ2n) is 6.64. The second kappa shape index (κ2) is 8.37. The number of carbonyl (C=O) groups is 2. The summed E-state index contributed by atoms with van der Waals surface area (Å²) in [6.45, 7) is 2.24. The Hall–Kier alpha value is -0.940. The van der Waals surface area contributed by atoms with Crippen molar-refractivity contribution in [2.75, 3.05) is 27.7 Å². The summed E-state index contributed by atoms with van der Waals surface area (Å²) in [7, 11) is 5.50. The zero-order chi connectivity index (χ0) is 15.8. The third-order valence-corrected chi connectivity index (χ3v) is 3.21. The van der Waals surface area contributed by atoms with Gasteiger partial charge in [-0.2, -0.15) is 0 Å². The number of nitrogens with zero attached hydrogens (tertiary/aromatic N) is 1. The summed E-state index contributed by atoms with van der Waals surface area (Å²) in [6.07, 6.45) is 4.77. The minimum atomic E-state index is -1.76. The fourth-order valence-corrected chi connectivity index (χ4v) is 2.40. The van der Waals surface area contributed by atoms with Gasteiger partial charge < -0.3 is 14.7 Å². The summed E-state index contributed by atoms with van der Waals surface area (Å²) in [4.78, 5) is 23.1. The van der Waals surface area contributed by atoms with E-state index in [4.69, 9.17) is 5.11 Å². The van der Waals surface area contributed by atoms with E-state index in [0.717, 1.165) is 32.1 Å². The molecule has 0 fully saturated rings. The number of Topliss-reactive ketones (excluding diaryl/α,β-unsaturated/α-hetero) is 1. The highest BCUT2D eigenvalue weighted by Gasteiger charge is 2.42. The number of quaternary nitrogens is 1. The van der Waals surface area contributed by atoms with Gasteiger partial charge in [0.05, 0.1) is 27.6 Å². The van der Waals surface area contributed by atoms with Crippen LogP contribution < -0.4 is 0 Å². The third kappa shape index (κ3) is 8.27. The molecule has 0 aliphatic carbocycles. The van der Waals surface area contributed by atoms with E-state index in [0.29, 0.717) is 4.48 Å². The molecule has 0 unspecified atom stereocenters. The van der Waals surface area contributed by atoms with Crippen LogP contribution >= 0.6 is 0 Å². The van der Waals surface area contributed by atoms with Gasteiger partial charge >= 0.3 is 5.97 Å². The Morgan fingerprint density at radius 2 is 1.60 bits per heavy atom. The molecule has 0 aromatic heterocycles. The number of unbranched alkanes of at least 4 members (excludes halogenated alkanes) is 4. The van der Waals surface area contributed by atoms with E-state index < -0.39 is 18.0 Å². The maximum Gasteiger partial charge on any atom is 0.306 e. The molecule has 5 heteroatoms. The molecule has 0 aromatic carbocycles. The summed E-state index contributed by atoms with van der Waals surface area (Å²) in [5.74, 6) is -1.48. The average Bonchev–Trinajstić information content (AvgIpc) is 2.24. The number of hydrogen-bond donors (Lipinski definition) is 2. The monoisotopic (exact) mass is 288 g/mol. The summed E-state index contributed by atoms with van der Waals surface area (Å²) < 4.78 is 0.353. The molecule has 0 aliphatic heterocycles. The third-order valence-electron chi connectivity index (χ3n) is 3.21. The van der Waals surface area contributed by atoms with Crippen molar-refractivity contribution in [2.45, 2.75) is 57.5 Å². The predicted octanol–water partition coefficient (Wildman–Crippen LogP) is 1.83. The van der Waals surface area contributed by atoms with Gasteiger partial charge in [0.2, 0.25) is 0 Å². The molecule has 5 nitrogen and oxygen atoms in total. The highest BCUT2D eigenvalue weighted by Crippen LogP contribution is 2.19. The number of carboxylic acids is 1. The molecule has 0 heterocycles. The number of rotatable bonds is 11. The van der Waals surface area contributed by atoms with Gasteiger partial charge in [0, 0.05) is 6.42 Å². The quantitative estimate of drug-likeness (QED) is 0.449. The van der Waals surface area contributed by atoms with Crippen LogP contribution in [0.4, 0.5) is 0 Å². The van der Waals surface area contributed by atoms with Crippen molar-refractivity contribution in [1.29, 1.82) is 0 Å². The molecule has 0 rings (SSSR count). The molecule has 0 spiro atoms. The van der Waals surface area contributed by atoms with Crippen LogP contribution in [-0.2, 0) is 9.59 Å². The molecule has 0 saturated heterocycles. The molecule has 0 aromatic rings. The Morgan fingerprint density at radius 3 is 2.05 bits per heavy atom. The molecule has 118 valence electrons. The summed E-state index contributed by atoms with van der Waals surface area (Å²) in [5, 5.41) is 19.4. The SMILES string of the molecule is CCCCCCCC(=O)[C@@](O)(CC(=O)O)C[N+](C)(C)C. The van der Waals surface area contributed by atoms with Crippen LogP contribution in [0.1, 0.15) is 51.9 Å². The molecule has 0 bridgehead atoms. The second-order valence-corrected chi connectivity index (χ2v) is 6.64. The van der Waals surface area contributed by atoms with Crippen LogP contribution in [0, 0.1) is 0 Å². The lowest BCUT2D eigenvalue weighted by molar-refractivity contribution is -0.875. The number of aliphatic carboxylic acids is 1. The molecule has 0 amide bonds. The van der Waals surface area contributed by atoms with Crippen LogP contribution in [0.25, 0.3) is 0 Å². The Balaban J connectivity index is 4.53. The number of aliphatic hydroxyl groups is 1. The predicted molar refractivity (Wildman–Crippen MR) is 78.5 cm³/mol. The maximum atomic E-state index is 12.2. The summed E-state index contributed by atoms with van der Waals surface area (Å²) >= 11 is 0. The topological polar surface area (TPSA) is 74.6 Å². The number of ketones is 1. The zero-order valence-electron chi connectivity index (χ0n) is 13.3. The Kier molecular flexibility index (Phi) is 7.98. The van der Waals surface area contributed by atoms with Crippen LogP contribution in [0.15, 0.2) is 0 Å². The van der Waals surface area contributed by atoms with E-state index in [9.17, 15) is 14.7 Å². The number of hydrogen-bond acceptors (Lipinski definition) is 3. The zero-order valence-corrected chi connectivity index (χ0v) is 13.3. The Labute approximate surface area is 122 Å². The van der Waals surface area contributed by atoms with Gasteiger partial charge in [0.1, 0.15) is 6.54 Å².